The molecule has 0 atom stereocenters. The minimum absolute atomic E-state index is 0.358. The van der Waals surface area contributed by atoms with E-state index in [2.05, 4.69) is 27.1 Å². The number of aromatic nitrogens is 4. The van der Waals surface area contributed by atoms with Gasteiger partial charge in [-0.2, -0.15) is 4.98 Å². The number of anilines is 1. The molecule has 3 heterocycles. The van der Waals surface area contributed by atoms with Crippen LogP contribution in [0.2, 0.25) is 0 Å². The molecule has 8 heteroatoms. The highest BCUT2D eigenvalue weighted by Crippen LogP contribution is 2.20. The number of hydrogen-bond acceptors (Lipinski definition) is 5. The van der Waals surface area contributed by atoms with Crippen LogP contribution >= 0.6 is 0 Å². The number of nitrogens with one attached hydrogen (secondary N) is 2. The largest absolute Gasteiger partial charge is 0.340 e. The maximum atomic E-state index is 12.3. The molecule has 3 rings (SSSR count). The van der Waals surface area contributed by atoms with Gasteiger partial charge in [-0.05, 0) is 6.42 Å². The number of unbranched alkanes of at least 4 members (excludes halogenated alkanes) is 1. The number of rotatable bonds is 4. The number of H-pyrrole nitrogens is 1. The molecule has 0 radical (unpaired) electrons. The third-order valence-corrected chi connectivity index (χ3v) is 4.12. The summed E-state index contributed by atoms with van der Waals surface area (Å²) in [6.45, 7) is 6.33. The topological polar surface area (TPSA) is 88.0 Å². The highest BCUT2D eigenvalue weighted by Gasteiger charge is 2.22. The van der Waals surface area contributed by atoms with Crippen molar-refractivity contribution in [1.82, 2.24) is 24.4 Å². The summed E-state index contributed by atoms with van der Waals surface area (Å²) in [5, 5.41) is 3.31. The molecule has 0 aliphatic carbocycles. The third kappa shape index (κ3) is 2.43. The normalized spacial score (nSPS) is 15.6. The second-order valence-electron chi connectivity index (χ2n) is 5.64. The summed E-state index contributed by atoms with van der Waals surface area (Å²) in [4.78, 5) is 33.2. The Morgan fingerprint density at radius 1 is 1.23 bits per heavy atom. The maximum Gasteiger partial charge on any atom is 0.329 e. The molecule has 0 bridgehead atoms. The second-order valence-corrected chi connectivity index (χ2v) is 5.64. The summed E-state index contributed by atoms with van der Waals surface area (Å²) in [6.07, 6.45) is 2.00. The Balaban J connectivity index is 2.21. The molecular weight excluding hydrogens is 284 g/mol. The van der Waals surface area contributed by atoms with Crippen molar-refractivity contribution in [2.24, 2.45) is 7.05 Å². The summed E-state index contributed by atoms with van der Waals surface area (Å²) >= 11 is 0. The van der Waals surface area contributed by atoms with E-state index in [0.717, 1.165) is 51.5 Å². The predicted molar refractivity (Wildman–Crippen MR) is 85.6 cm³/mol. The lowest BCUT2D eigenvalue weighted by atomic mass is 10.3. The zero-order chi connectivity index (χ0) is 15.7. The zero-order valence-electron chi connectivity index (χ0n) is 13.1. The van der Waals surface area contributed by atoms with Crippen LogP contribution in [0.1, 0.15) is 19.8 Å². The molecule has 22 heavy (non-hydrogen) atoms. The molecule has 2 aromatic rings. The van der Waals surface area contributed by atoms with E-state index in [0.29, 0.717) is 11.2 Å². The number of fused-ring (bicyclic) bond motifs is 1. The van der Waals surface area contributed by atoms with Gasteiger partial charge in [-0.1, -0.05) is 13.3 Å². The van der Waals surface area contributed by atoms with E-state index in [9.17, 15) is 9.59 Å². The van der Waals surface area contributed by atoms with Gasteiger partial charge >= 0.3 is 5.69 Å². The quantitative estimate of drug-likeness (QED) is 0.805. The van der Waals surface area contributed by atoms with Gasteiger partial charge in [0.15, 0.2) is 11.2 Å². The SMILES string of the molecule is CCCCn1c(N2CCNCC2)nc2c1c(=O)[nH]c(=O)n2C. The number of aryl methyl sites for hydroxylation is 2. The van der Waals surface area contributed by atoms with Gasteiger partial charge in [0.2, 0.25) is 5.95 Å². The molecule has 0 amide bonds. The average Bonchev–Trinajstić information content (AvgIpc) is 2.91. The summed E-state index contributed by atoms with van der Waals surface area (Å²) < 4.78 is 3.37. The molecule has 1 fully saturated rings. The first kappa shape index (κ1) is 14.8. The van der Waals surface area contributed by atoms with Crippen molar-refractivity contribution in [3.05, 3.63) is 20.8 Å². The second kappa shape index (κ2) is 5.96. The molecule has 2 N–H and O–H groups in total. The first-order chi connectivity index (χ1) is 10.6. The molecule has 8 nitrogen and oxygen atoms in total. The minimum atomic E-state index is -0.426. The van der Waals surface area contributed by atoms with Crippen molar-refractivity contribution in [1.29, 1.82) is 0 Å². The Labute approximate surface area is 127 Å². The van der Waals surface area contributed by atoms with Crippen molar-refractivity contribution >= 4 is 17.1 Å². The van der Waals surface area contributed by atoms with Gasteiger partial charge in [-0.3, -0.25) is 14.3 Å². The zero-order valence-corrected chi connectivity index (χ0v) is 13.1. The van der Waals surface area contributed by atoms with Crippen molar-refractivity contribution in [2.45, 2.75) is 26.3 Å². The van der Waals surface area contributed by atoms with E-state index >= 15 is 0 Å². The van der Waals surface area contributed by atoms with Crippen LogP contribution in [0.15, 0.2) is 9.59 Å². The van der Waals surface area contributed by atoms with E-state index in [1.165, 1.54) is 4.57 Å². The highest BCUT2D eigenvalue weighted by molar-refractivity contribution is 5.74. The molecule has 0 aromatic carbocycles. The Kier molecular flexibility index (Phi) is 4.02. The van der Waals surface area contributed by atoms with Crippen LogP contribution in [-0.2, 0) is 13.6 Å². The van der Waals surface area contributed by atoms with Gasteiger partial charge in [-0.25, -0.2) is 4.79 Å². The fraction of sp³-hybridized carbons (Fsp3) is 0.643. The average molecular weight is 306 g/mol. The van der Waals surface area contributed by atoms with Crippen LogP contribution in [-0.4, -0.2) is 45.3 Å². The smallest absolute Gasteiger partial charge is 0.329 e. The third-order valence-electron chi connectivity index (χ3n) is 4.12. The number of piperazine rings is 1. The lowest BCUT2D eigenvalue weighted by molar-refractivity contribution is 0.559. The van der Waals surface area contributed by atoms with Crippen molar-refractivity contribution in [3.63, 3.8) is 0 Å². The van der Waals surface area contributed by atoms with E-state index < -0.39 is 5.69 Å². The van der Waals surface area contributed by atoms with Crippen molar-refractivity contribution < 1.29 is 0 Å². The molecule has 0 unspecified atom stereocenters. The molecule has 0 spiro atoms. The van der Waals surface area contributed by atoms with Gasteiger partial charge in [-0.15, -0.1) is 0 Å². The van der Waals surface area contributed by atoms with E-state index in [1.54, 1.807) is 7.05 Å². The van der Waals surface area contributed by atoms with Crippen LogP contribution < -0.4 is 21.5 Å². The monoisotopic (exact) mass is 306 g/mol. The fourth-order valence-electron chi connectivity index (χ4n) is 2.86. The molecular formula is C14H22N6O2. The van der Waals surface area contributed by atoms with Gasteiger partial charge in [0.25, 0.3) is 5.56 Å². The van der Waals surface area contributed by atoms with Crippen molar-refractivity contribution in [3.8, 4) is 0 Å². The fourth-order valence-corrected chi connectivity index (χ4v) is 2.86. The Bertz CT molecular complexity index is 781. The van der Waals surface area contributed by atoms with Crippen LogP contribution in [0.3, 0.4) is 0 Å². The Morgan fingerprint density at radius 3 is 2.64 bits per heavy atom. The predicted octanol–water partition coefficient (Wildman–Crippen LogP) is -0.367. The molecule has 0 saturated carbocycles. The molecule has 1 aliphatic rings. The van der Waals surface area contributed by atoms with Gasteiger partial charge in [0.1, 0.15) is 0 Å². The standard InChI is InChI=1S/C14H22N6O2/c1-3-4-7-20-10-11(18(2)14(22)17-12(10)21)16-13(20)19-8-5-15-6-9-19/h15H,3-9H2,1-2H3,(H,17,21,22). The van der Waals surface area contributed by atoms with E-state index in [1.807, 2.05) is 4.57 Å². The number of aromatic amines is 1. The highest BCUT2D eigenvalue weighted by atomic mass is 16.2. The summed E-state index contributed by atoms with van der Waals surface area (Å²) in [7, 11) is 1.64. The van der Waals surface area contributed by atoms with Crippen LogP contribution in [0.5, 0.6) is 0 Å². The lowest BCUT2D eigenvalue weighted by Gasteiger charge is -2.28. The first-order valence-electron chi connectivity index (χ1n) is 7.78. The number of hydrogen-bond donors (Lipinski definition) is 2. The molecule has 2 aromatic heterocycles. The first-order valence-corrected chi connectivity index (χ1v) is 7.78. The van der Waals surface area contributed by atoms with Crippen LogP contribution in [0.25, 0.3) is 11.2 Å². The number of nitrogens with zero attached hydrogens (tertiary/aromatic N) is 4. The van der Waals surface area contributed by atoms with Gasteiger partial charge < -0.3 is 14.8 Å². The summed E-state index contributed by atoms with van der Waals surface area (Å²) in [6, 6.07) is 0. The number of imidazole rings is 1. The summed E-state index contributed by atoms with van der Waals surface area (Å²) in [5.41, 5.74) is 0.162. The summed E-state index contributed by atoms with van der Waals surface area (Å²) in [5.74, 6) is 0.789. The Hall–Kier alpha value is -2.09. The Morgan fingerprint density at radius 2 is 1.95 bits per heavy atom. The maximum absolute atomic E-state index is 12.3. The molecule has 1 saturated heterocycles. The van der Waals surface area contributed by atoms with Gasteiger partial charge in [0.05, 0.1) is 0 Å². The van der Waals surface area contributed by atoms with Crippen LogP contribution in [0.4, 0.5) is 5.95 Å². The molecule has 1 aliphatic heterocycles. The van der Waals surface area contributed by atoms with Crippen molar-refractivity contribution in [2.75, 3.05) is 31.1 Å². The lowest BCUT2D eigenvalue weighted by Crippen LogP contribution is -2.44. The van der Waals surface area contributed by atoms with E-state index in [4.69, 9.17) is 0 Å². The molecule has 120 valence electrons. The van der Waals surface area contributed by atoms with E-state index in [-0.39, 0.29) is 5.56 Å². The minimum Gasteiger partial charge on any atom is -0.340 e. The van der Waals surface area contributed by atoms with Gasteiger partial charge in [0, 0.05) is 39.8 Å². The van der Waals surface area contributed by atoms with Crippen LogP contribution in [0, 0.1) is 0 Å².